The Bertz CT molecular complexity index is 775. The van der Waals surface area contributed by atoms with E-state index in [-0.39, 0.29) is 0 Å². The van der Waals surface area contributed by atoms with E-state index in [9.17, 15) is 26.3 Å². The average molecular weight is 318 g/mol. The molecule has 0 heterocycles. The van der Waals surface area contributed by atoms with Crippen LogP contribution < -0.4 is 10.2 Å². The second-order valence-electron chi connectivity index (χ2n) is 4.63. The Morgan fingerprint density at radius 2 is 1.41 bits per heavy atom. The van der Waals surface area contributed by atoms with Crippen molar-refractivity contribution in [3.8, 4) is 16.9 Å². The minimum atomic E-state index is -1.68. The van der Waals surface area contributed by atoms with E-state index < -0.39 is 62.8 Å². The maximum Gasteiger partial charge on any atom is 0.170 e. The van der Waals surface area contributed by atoms with Gasteiger partial charge in [0.1, 0.15) is 25.3 Å². The largest absolute Gasteiger partial charge is 0.493 e. The van der Waals surface area contributed by atoms with Gasteiger partial charge in [0.05, 0.1) is 18.2 Å². The van der Waals surface area contributed by atoms with E-state index in [1.165, 1.54) is 0 Å². The highest BCUT2D eigenvalue weighted by molar-refractivity contribution is 6.33. The van der Waals surface area contributed by atoms with E-state index in [2.05, 4.69) is 4.74 Å². The lowest BCUT2D eigenvalue weighted by molar-refractivity contribution is 0.381. The van der Waals surface area contributed by atoms with Crippen LogP contribution in [-0.2, 0) is 0 Å². The monoisotopic (exact) mass is 318 g/mol. The summed E-state index contributed by atoms with van der Waals surface area (Å²) in [5.74, 6) is -9.60. The molecule has 0 saturated carbocycles. The van der Waals surface area contributed by atoms with Crippen molar-refractivity contribution < 1.29 is 31.1 Å². The molecule has 2 rings (SSSR count). The van der Waals surface area contributed by atoms with Gasteiger partial charge in [0.2, 0.25) is 0 Å². The third kappa shape index (κ3) is 2.22. The van der Waals surface area contributed by atoms with Crippen molar-refractivity contribution in [2.45, 2.75) is 6.92 Å². The summed E-state index contributed by atoms with van der Waals surface area (Å²) in [6, 6.07) is 0.308. The van der Waals surface area contributed by atoms with Crippen molar-refractivity contribution in [3.63, 3.8) is 0 Å². The second kappa shape index (κ2) is 5.59. The molecule has 1 nitrogen and oxygen atoms in total. The van der Waals surface area contributed by atoms with Crippen LogP contribution in [0.5, 0.6) is 5.75 Å². The maximum atomic E-state index is 14.1. The predicted octanol–water partition coefficient (Wildman–Crippen LogP) is 2.76. The van der Waals surface area contributed by atoms with Gasteiger partial charge in [-0.1, -0.05) is 0 Å². The number of hydrogen-bond acceptors (Lipinski definition) is 1. The van der Waals surface area contributed by atoms with Crippen molar-refractivity contribution in [1.29, 1.82) is 0 Å². The molecule has 0 bridgehead atoms. The molecular formula is C14H9BF6O. The Kier molecular flexibility index (Phi) is 4.13. The van der Waals surface area contributed by atoms with Crippen LogP contribution in [-0.4, -0.2) is 15.0 Å². The van der Waals surface area contributed by atoms with E-state index in [1.54, 1.807) is 0 Å². The van der Waals surface area contributed by atoms with Crippen molar-refractivity contribution in [3.05, 3.63) is 46.5 Å². The predicted molar refractivity (Wildman–Crippen MR) is 71.1 cm³/mol. The van der Waals surface area contributed by atoms with Crippen LogP contribution in [0.1, 0.15) is 5.56 Å². The third-order valence-electron chi connectivity index (χ3n) is 3.35. The summed E-state index contributed by atoms with van der Waals surface area (Å²) >= 11 is 0. The van der Waals surface area contributed by atoms with E-state index in [4.69, 9.17) is 0 Å². The molecule has 0 aliphatic rings. The highest BCUT2D eigenvalue weighted by atomic mass is 19.2. The van der Waals surface area contributed by atoms with Crippen LogP contribution in [0.4, 0.5) is 26.3 Å². The van der Waals surface area contributed by atoms with Gasteiger partial charge in [-0.2, -0.15) is 0 Å². The molecule has 0 aromatic heterocycles. The molecule has 0 fully saturated rings. The molecule has 0 aliphatic carbocycles. The zero-order chi connectivity index (χ0) is 16.8. The van der Waals surface area contributed by atoms with Gasteiger partial charge in [0.25, 0.3) is 0 Å². The topological polar surface area (TPSA) is 9.23 Å². The first kappa shape index (κ1) is 16.3. The SMILES string of the molecule is Bc1c(F)c(F)c(-c2c(F)cc(F)c(C)c2F)c(OC)c1F. The number of methoxy groups -OCH3 is 1. The lowest BCUT2D eigenvalue weighted by Crippen LogP contribution is -2.19. The summed E-state index contributed by atoms with van der Waals surface area (Å²) < 4.78 is 87.7. The van der Waals surface area contributed by atoms with Gasteiger partial charge in [0.15, 0.2) is 23.2 Å². The number of benzene rings is 2. The van der Waals surface area contributed by atoms with Crippen LogP contribution in [0.15, 0.2) is 6.07 Å². The van der Waals surface area contributed by atoms with Crippen molar-refractivity contribution >= 4 is 13.3 Å². The van der Waals surface area contributed by atoms with Gasteiger partial charge in [-0.25, -0.2) is 26.3 Å². The summed E-state index contributed by atoms with van der Waals surface area (Å²) in [6.45, 7) is 0.985. The highest BCUT2D eigenvalue weighted by Crippen LogP contribution is 2.39. The van der Waals surface area contributed by atoms with Gasteiger partial charge >= 0.3 is 0 Å². The molecule has 0 N–H and O–H groups in total. The zero-order valence-electron chi connectivity index (χ0n) is 11.8. The van der Waals surface area contributed by atoms with Crippen LogP contribution >= 0.6 is 0 Å². The fourth-order valence-electron chi connectivity index (χ4n) is 2.08. The number of hydrogen-bond donors (Lipinski definition) is 0. The Labute approximate surface area is 122 Å². The normalized spacial score (nSPS) is 10.9. The van der Waals surface area contributed by atoms with E-state index in [0.29, 0.717) is 6.07 Å². The molecule has 0 unspecified atom stereocenters. The van der Waals surface area contributed by atoms with E-state index in [0.717, 1.165) is 21.9 Å². The van der Waals surface area contributed by atoms with Crippen LogP contribution in [0.2, 0.25) is 0 Å². The van der Waals surface area contributed by atoms with Crippen LogP contribution in [0, 0.1) is 41.8 Å². The van der Waals surface area contributed by atoms with Gasteiger partial charge < -0.3 is 4.74 Å². The van der Waals surface area contributed by atoms with Crippen molar-refractivity contribution in [2.24, 2.45) is 0 Å². The quantitative estimate of drug-likeness (QED) is 0.470. The fraction of sp³-hybridized carbons (Fsp3) is 0.143. The molecule has 0 aliphatic heterocycles. The fourth-order valence-corrected chi connectivity index (χ4v) is 2.08. The molecule has 0 radical (unpaired) electrons. The summed E-state index contributed by atoms with van der Waals surface area (Å²) in [5, 5.41) is 0. The van der Waals surface area contributed by atoms with Crippen molar-refractivity contribution in [2.75, 3.05) is 7.11 Å². The molecule has 0 atom stereocenters. The van der Waals surface area contributed by atoms with Gasteiger partial charge in [-0.3, -0.25) is 0 Å². The molecular weight excluding hydrogens is 309 g/mol. The van der Waals surface area contributed by atoms with Crippen LogP contribution in [0.25, 0.3) is 11.1 Å². The van der Waals surface area contributed by atoms with Crippen molar-refractivity contribution in [1.82, 2.24) is 0 Å². The molecule has 0 saturated heterocycles. The second-order valence-corrected chi connectivity index (χ2v) is 4.63. The molecule has 22 heavy (non-hydrogen) atoms. The summed E-state index contributed by atoms with van der Waals surface area (Å²) in [4.78, 5) is 0. The Morgan fingerprint density at radius 3 is 1.95 bits per heavy atom. The molecule has 2 aromatic rings. The third-order valence-corrected chi connectivity index (χ3v) is 3.35. The lowest BCUT2D eigenvalue weighted by atomic mass is 9.89. The highest BCUT2D eigenvalue weighted by Gasteiger charge is 2.29. The van der Waals surface area contributed by atoms with E-state index >= 15 is 0 Å². The lowest BCUT2D eigenvalue weighted by Gasteiger charge is -2.16. The Morgan fingerprint density at radius 1 is 0.818 bits per heavy atom. The summed E-state index contributed by atoms with van der Waals surface area (Å²) in [7, 11) is 1.88. The molecule has 2 aromatic carbocycles. The molecule has 116 valence electrons. The Hall–Kier alpha value is -2.12. The van der Waals surface area contributed by atoms with Gasteiger partial charge in [-0.05, 0) is 12.4 Å². The van der Waals surface area contributed by atoms with E-state index in [1.807, 2.05) is 0 Å². The smallest absolute Gasteiger partial charge is 0.170 e. The van der Waals surface area contributed by atoms with Gasteiger partial charge in [0, 0.05) is 11.6 Å². The maximum absolute atomic E-state index is 14.1. The first-order chi connectivity index (χ1) is 10.2. The molecule has 0 spiro atoms. The summed E-state index contributed by atoms with van der Waals surface area (Å²) in [6.07, 6.45) is 0. The summed E-state index contributed by atoms with van der Waals surface area (Å²) in [5.41, 5.74) is -3.47. The minimum absolute atomic E-state index is 0.308. The number of ether oxygens (including phenoxy) is 1. The zero-order valence-corrected chi connectivity index (χ0v) is 11.8. The van der Waals surface area contributed by atoms with Crippen LogP contribution in [0.3, 0.4) is 0 Å². The molecule has 8 heteroatoms. The molecule has 0 amide bonds. The standard InChI is InChI=1S/C14H9BF6O/c1-4-5(16)3-6(17)7(10(4)18)8-11(19)12(20)9(15)13(21)14(8)22-2/h3H,15H2,1-2H3. The first-order valence-electron chi connectivity index (χ1n) is 6.07. The number of halogens is 6. The minimum Gasteiger partial charge on any atom is -0.493 e. The Balaban J connectivity index is 2.99. The van der Waals surface area contributed by atoms with Gasteiger partial charge in [-0.15, -0.1) is 0 Å². The first-order valence-corrected chi connectivity index (χ1v) is 6.07. The average Bonchev–Trinajstić information content (AvgIpc) is 2.48. The number of rotatable bonds is 2.